The van der Waals surface area contributed by atoms with E-state index in [1.54, 1.807) is 0 Å². The van der Waals surface area contributed by atoms with Gasteiger partial charge in [0.1, 0.15) is 5.82 Å². The van der Waals surface area contributed by atoms with Crippen LogP contribution in [0.5, 0.6) is 0 Å². The van der Waals surface area contributed by atoms with Crippen LogP contribution in [0.25, 0.3) is 10.9 Å². The molecule has 156 valence electrons. The van der Waals surface area contributed by atoms with Crippen LogP contribution in [-0.4, -0.2) is 43.1 Å². The number of hydrogen-bond donors (Lipinski definition) is 3. The number of nitrogens with one attached hydrogen (secondary N) is 3. The van der Waals surface area contributed by atoms with E-state index in [4.69, 9.17) is 4.99 Å². The summed E-state index contributed by atoms with van der Waals surface area (Å²) in [5.74, 6) is 1.76. The third-order valence-electron chi connectivity index (χ3n) is 4.69. The minimum absolute atomic E-state index is 0. The number of H-pyrrole nitrogens is 1. The number of benzene rings is 1. The molecule has 0 saturated heterocycles. The Morgan fingerprint density at radius 3 is 2.66 bits per heavy atom. The maximum absolute atomic E-state index is 4.69. The van der Waals surface area contributed by atoms with Crippen LogP contribution in [0.4, 0.5) is 5.82 Å². The van der Waals surface area contributed by atoms with Gasteiger partial charge in [0.05, 0.1) is 12.2 Å². The molecule has 0 atom stereocenters. The molecular weight excluding hydrogens is 475 g/mol. The van der Waals surface area contributed by atoms with E-state index in [-0.39, 0.29) is 24.0 Å². The van der Waals surface area contributed by atoms with Crippen LogP contribution in [0.15, 0.2) is 47.5 Å². The van der Waals surface area contributed by atoms with Gasteiger partial charge in [-0.3, -0.25) is 0 Å². The highest BCUT2D eigenvalue weighted by molar-refractivity contribution is 14.0. The Bertz CT molecular complexity index is 947. The minimum Gasteiger partial charge on any atom is -0.363 e. The van der Waals surface area contributed by atoms with Gasteiger partial charge in [0, 0.05) is 43.8 Å². The van der Waals surface area contributed by atoms with E-state index in [1.165, 1.54) is 22.2 Å². The molecule has 0 bridgehead atoms. The second-order valence-corrected chi connectivity index (χ2v) is 7.03. The van der Waals surface area contributed by atoms with Crippen molar-refractivity contribution >= 4 is 46.7 Å². The summed E-state index contributed by atoms with van der Waals surface area (Å²) in [5.41, 5.74) is 4.74. The molecule has 2 heterocycles. The van der Waals surface area contributed by atoms with E-state index in [2.05, 4.69) is 58.7 Å². The van der Waals surface area contributed by atoms with Crippen LogP contribution in [0, 0.1) is 6.92 Å². The lowest BCUT2D eigenvalue weighted by atomic mass is 10.1. The van der Waals surface area contributed by atoms with Gasteiger partial charge in [0.25, 0.3) is 0 Å². The van der Waals surface area contributed by atoms with Gasteiger partial charge >= 0.3 is 0 Å². The van der Waals surface area contributed by atoms with Crippen molar-refractivity contribution in [1.29, 1.82) is 0 Å². The third kappa shape index (κ3) is 6.09. The van der Waals surface area contributed by atoms with Crippen LogP contribution >= 0.6 is 24.0 Å². The Morgan fingerprint density at radius 1 is 1.10 bits per heavy atom. The van der Waals surface area contributed by atoms with E-state index in [0.717, 1.165) is 37.0 Å². The van der Waals surface area contributed by atoms with Gasteiger partial charge in [-0.25, -0.2) is 9.98 Å². The molecule has 0 aliphatic rings. The number of pyridine rings is 1. The van der Waals surface area contributed by atoms with Crippen molar-refractivity contribution in [2.75, 3.05) is 32.1 Å². The van der Waals surface area contributed by atoms with Crippen molar-refractivity contribution < 1.29 is 0 Å². The minimum atomic E-state index is 0. The van der Waals surface area contributed by atoms with Crippen LogP contribution in [0.3, 0.4) is 0 Å². The number of rotatable bonds is 7. The van der Waals surface area contributed by atoms with Crippen LogP contribution in [0.2, 0.25) is 0 Å². The fourth-order valence-electron chi connectivity index (χ4n) is 3.27. The van der Waals surface area contributed by atoms with Gasteiger partial charge in [-0.2, -0.15) is 0 Å². The maximum Gasteiger partial charge on any atom is 0.191 e. The highest BCUT2D eigenvalue weighted by Crippen LogP contribution is 2.21. The maximum atomic E-state index is 4.69. The molecular formula is C22H31IN6. The molecule has 1 aromatic carbocycles. The van der Waals surface area contributed by atoms with Crippen molar-refractivity contribution in [2.24, 2.45) is 4.99 Å². The first-order chi connectivity index (χ1) is 13.6. The summed E-state index contributed by atoms with van der Waals surface area (Å²) in [4.78, 5) is 14.8. The smallest absolute Gasteiger partial charge is 0.191 e. The zero-order valence-electron chi connectivity index (χ0n) is 17.6. The van der Waals surface area contributed by atoms with E-state index in [1.807, 2.05) is 37.2 Å². The van der Waals surface area contributed by atoms with Gasteiger partial charge in [-0.1, -0.05) is 24.3 Å². The molecule has 29 heavy (non-hydrogen) atoms. The lowest BCUT2D eigenvalue weighted by Gasteiger charge is -2.13. The molecule has 3 aromatic rings. The monoisotopic (exact) mass is 506 g/mol. The predicted molar refractivity (Wildman–Crippen MR) is 134 cm³/mol. The first-order valence-corrected chi connectivity index (χ1v) is 9.80. The zero-order valence-corrected chi connectivity index (χ0v) is 20.0. The summed E-state index contributed by atoms with van der Waals surface area (Å²) in [7, 11) is 3.99. The summed E-state index contributed by atoms with van der Waals surface area (Å²) >= 11 is 0. The normalized spacial score (nSPS) is 11.2. The molecule has 2 aromatic heterocycles. The molecule has 3 N–H and O–H groups in total. The van der Waals surface area contributed by atoms with Gasteiger partial charge in [-0.15, -0.1) is 24.0 Å². The van der Waals surface area contributed by atoms with E-state index < -0.39 is 0 Å². The topological polar surface area (TPSA) is 68.3 Å². The number of aromatic nitrogens is 2. The SMILES string of the molecule is CCNC(=NCc1cccc(N(C)C)n1)NCCc1c(C)[nH]c2ccccc12.I. The third-order valence-corrected chi connectivity index (χ3v) is 4.69. The van der Waals surface area contributed by atoms with Crippen molar-refractivity contribution in [2.45, 2.75) is 26.8 Å². The summed E-state index contributed by atoms with van der Waals surface area (Å²) < 4.78 is 0. The quantitative estimate of drug-likeness (QED) is 0.259. The number of aliphatic imine (C=N–C) groups is 1. The number of para-hydroxylation sites is 1. The van der Waals surface area contributed by atoms with Crippen molar-refractivity contribution in [3.8, 4) is 0 Å². The first-order valence-electron chi connectivity index (χ1n) is 9.80. The number of aryl methyl sites for hydroxylation is 1. The Balaban J connectivity index is 0.00000300. The molecule has 3 rings (SSSR count). The molecule has 0 radical (unpaired) electrons. The largest absolute Gasteiger partial charge is 0.363 e. The lowest BCUT2D eigenvalue weighted by Crippen LogP contribution is -2.38. The standard InChI is InChI=1S/C22H30N6.HI/c1-5-23-22(25-15-17-9-8-12-21(27-17)28(3)4)24-14-13-18-16(2)26-20-11-7-6-10-19(18)20;/h6-12,26H,5,13-15H2,1-4H3,(H2,23,24,25);1H. The van der Waals surface area contributed by atoms with Crippen LogP contribution < -0.4 is 15.5 Å². The average molecular weight is 506 g/mol. The van der Waals surface area contributed by atoms with Crippen molar-refractivity contribution in [1.82, 2.24) is 20.6 Å². The Labute approximate surface area is 190 Å². The number of aromatic amines is 1. The molecule has 0 amide bonds. The van der Waals surface area contributed by atoms with Crippen LogP contribution in [-0.2, 0) is 13.0 Å². The van der Waals surface area contributed by atoms with E-state index >= 15 is 0 Å². The molecule has 6 nitrogen and oxygen atoms in total. The van der Waals surface area contributed by atoms with Gasteiger partial charge in [-0.05, 0) is 44.0 Å². The number of fused-ring (bicyclic) bond motifs is 1. The molecule has 0 unspecified atom stereocenters. The molecule has 7 heteroatoms. The first kappa shape index (κ1) is 23.0. The van der Waals surface area contributed by atoms with Crippen LogP contribution in [0.1, 0.15) is 23.9 Å². The fourth-order valence-corrected chi connectivity index (χ4v) is 3.27. The molecule has 0 saturated carbocycles. The number of hydrogen-bond acceptors (Lipinski definition) is 3. The number of guanidine groups is 1. The number of nitrogens with zero attached hydrogens (tertiary/aromatic N) is 3. The van der Waals surface area contributed by atoms with E-state index in [9.17, 15) is 0 Å². The van der Waals surface area contributed by atoms with Gasteiger partial charge < -0.3 is 20.5 Å². The van der Waals surface area contributed by atoms with Crippen molar-refractivity contribution in [3.05, 3.63) is 59.4 Å². The fraction of sp³-hybridized carbons (Fsp3) is 0.364. The van der Waals surface area contributed by atoms with Gasteiger partial charge in [0.15, 0.2) is 5.96 Å². The Hall–Kier alpha value is -2.29. The summed E-state index contributed by atoms with van der Waals surface area (Å²) in [6.07, 6.45) is 0.939. The lowest BCUT2D eigenvalue weighted by molar-refractivity contribution is 0.796. The number of anilines is 1. The average Bonchev–Trinajstić information content (AvgIpc) is 3.01. The highest BCUT2D eigenvalue weighted by atomic mass is 127. The Kier molecular flexibility index (Phi) is 8.75. The second kappa shape index (κ2) is 11.0. The molecule has 0 fully saturated rings. The number of halogens is 1. The highest BCUT2D eigenvalue weighted by Gasteiger charge is 2.08. The summed E-state index contributed by atoms with van der Waals surface area (Å²) in [5, 5.41) is 8.06. The summed E-state index contributed by atoms with van der Waals surface area (Å²) in [6, 6.07) is 14.5. The molecule has 0 spiro atoms. The predicted octanol–water partition coefficient (Wildman–Crippen LogP) is 3.85. The van der Waals surface area contributed by atoms with Gasteiger partial charge in [0.2, 0.25) is 0 Å². The van der Waals surface area contributed by atoms with E-state index in [0.29, 0.717) is 6.54 Å². The zero-order chi connectivity index (χ0) is 19.9. The molecule has 0 aliphatic heterocycles. The Morgan fingerprint density at radius 2 is 1.90 bits per heavy atom. The van der Waals surface area contributed by atoms with Crippen molar-refractivity contribution in [3.63, 3.8) is 0 Å². The second-order valence-electron chi connectivity index (χ2n) is 7.03. The summed E-state index contributed by atoms with van der Waals surface area (Å²) in [6.45, 7) is 6.40. The molecule has 0 aliphatic carbocycles.